The second kappa shape index (κ2) is 7.86. The van der Waals surface area contributed by atoms with E-state index in [0.29, 0.717) is 31.3 Å². The van der Waals surface area contributed by atoms with Crippen LogP contribution >= 0.6 is 0 Å². The molecule has 3 heterocycles. The fourth-order valence-electron chi connectivity index (χ4n) is 3.75. The third kappa shape index (κ3) is 3.89. The number of aryl methyl sites for hydroxylation is 1. The largest absolute Gasteiger partial charge is 0.347 e. The number of aromatic nitrogens is 5. The molecule has 150 valence electrons. The Morgan fingerprint density at radius 1 is 1.07 bits per heavy atom. The van der Waals surface area contributed by atoms with Crippen LogP contribution in [0.25, 0.3) is 5.69 Å². The molecule has 0 bridgehead atoms. The van der Waals surface area contributed by atoms with E-state index in [1.165, 1.54) is 12.1 Å². The number of likely N-dealkylation sites (tertiary alicyclic amines) is 1. The third-order valence-corrected chi connectivity index (χ3v) is 5.37. The molecular formula is C20H22N6O3. The summed E-state index contributed by atoms with van der Waals surface area (Å²) in [5.74, 6) is 0.841. The Morgan fingerprint density at radius 3 is 2.52 bits per heavy atom. The average molecular weight is 394 g/mol. The van der Waals surface area contributed by atoms with Crippen molar-refractivity contribution in [1.29, 1.82) is 0 Å². The predicted octanol–water partition coefficient (Wildman–Crippen LogP) is 1.05. The van der Waals surface area contributed by atoms with Gasteiger partial charge in [0.2, 0.25) is 0 Å². The van der Waals surface area contributed by atoms with E-state index < -0.39 is 0 Å². The zero-order chi connectivity index (χ0) is 20.4. The predicted molar refractivity (Wildman–Crippen MR) is 106 cm³/mol. The molecule has 1 aromatic carbocycles. The lowest BCUT2D eigenvalue weighted by Gasteiger charge is -2.31. The van der Waals surface area contributed by atoms with Gasteiger partial charge in [-0.3, -0.25) is 9.59 Å². The zero-order valence-corrected chi connectivity index (χ0v) is 16.1. The SMILES string of the molecule is Cc1ccccc1-n1c(CC2CCN(C(=O)c3ccc(=O)[nH]n3)CC2)n[nH]c1=O. The number of nitrogens with one attached hydrogen (secondary N) is 2. The first-order chi connectivity index (χ1) is 14.0. The van der Waals surface area contributed by atoms with Gasteiger partial charge in [0.1, 0.15) is 11.5 Å². The Labute approximate surface area is 166 Å². The molecule has 9 heteroatoms. The molecular weight excluding hydrogens is 372 g/mol. The van der Waals surface area contributed by atoms with E-state index >= 15 is 0 Å². The molecule has 0 spiro atoms. The molecule has 2 N–H and O–H groups in total. The molecule has 3 aromatic rings. The summed E-state index contributed by atoms with van der Waals surface area (Å²) in [5, 5.41) is 12.9. The number of carbonyl (C=O) groups excluding carboxylic acids is 1. The van der Waals surface area contributed by atoms with Crippen molar-refractivity contribution in [3.05, 3.63) is 74.3 Å². The number of aromatic amines is 2. The number of H-pyrrole nitrogens is 2. The summed E-state index contributed by atoms with van der Waals surface area (Å²) in [4.78, 5) is 37.7. The van der Waals surface area contributed by atoms with Crippen molar-refractivity contribution >= 4 is 5.91 Å². The van der Waals surface area contributed by atoms with Crippen LogP contribution in [0, 0.1) is 12.8 Å². The maximum Gasteiger partial charge on any atom is 0.347 e. The van der Waals surface area contributed by atoms with Crippen molar-refractivity contribution in [3.8, 4) is 5.69 Å². The fourth-order valence-corrected chi connectivity index (χ4v) is 3.75. The monoisotopic (exact) mass is 394 g/mol. The van der Waals surface area contributed by atoms with E-state index in [1.54, 1.807) is 9.47 Å². The van der Waals surface area contributed by atoms with Crippen LogP contribution < -0.4 is 11.2 Å². The van der Waals surface area contributed by atoms with Gasteiger partial charge in [-0.2, -0.15) is 10.2 Å². The molecule has 1 amide bonds. The van der Waals surface area contributed by atoms with Crippen LogP contribution in [0.1, 0.15) is 34.7 Å². The Kier molecular flexibility index (Phi) is 5.11. The highest BCUT2D eigenvalue weighted by molar-refractivity contribution is 5.92. The van der Waals surface area contributed by atoms with E-state index in [1.807, 2.05) is 31.2 Å². The minimum Gasteiger partial charge on any atom is -0.337 e. The molecule has 1 aliphatic rings. The Bertz CT molecular complexity index is 1120. The first-order valence-corrected chi connectivity index (χ1v) is 9.60. The quantitative estimate of drug-likeness (QED) is 0.686. The number of para-hydroxylation sites is 1. The van der Waals surface area contributed by atoms with Crippen molar-refractivity contribution in [2.75, 3.05) is 13.1 Å². The molecule has 1 fully saturated rings. The second-order valence-electron chi connectivity index (χ2n) is 7.31. The van der Waals surface area contributed by atoms with Gasteiger partial charge in [0, 0.05) is 25.6 Å². The topological polar surface area (TPSA) is 117 Å². The Balaban J connectivity index is 1.44. The normalized spacial score (nSPS) is 14.9. The number of amides is 1. The second-order valence-corrected chi connectivity index (χ2v) is 7.31. The summed E-state index contributed by atoms with van der Waals surface area (Å²) in [6, 6.07) is 10.5. The summed E-state index contributed by atoms with van der Waals surface area (Å²) in [7, 11) is 0. The van der Waals surface area contributed by atoms with Crippen LogP contribution in [0.5, 0.6) is 0 Å². The van der Waals surface area contributed by atoms with Gasteiger partial charge < -0.3 is 4.90 Å². The van der Waals surface area contributed by atoms with Crippen molar-refractivity contribution in [2.45, 2.75) is 26.2 Å². The third-order valence-electron chi connectivity index (χ3n) is 5.37. The molecule has 0 aliphatic carbocycles. The standard InChI is InChI=1S/C20H22N6O3/c1-13-4-2-3-5-16(13)26-17(22-24-20(26)29)12-14-8-10-25(11-9-14)19(28)15-6-7-18(27)23-21-15/h2-7,14H,8-12H2,1H3,(H,23,27)(H,24,29). The van der Waals surface area contributed by atoms with Gasteiger partial charge in [0.15, 0.2) is 0 Å². The first-order valence-electron chi connectivity index (χ1n) is 9.60. The van der Waals surface area contributed by atoms with Crippen molar-refractivity contribution < 1.29 is 4.79 Å². The maximum atomic E-state index is 12.5. The van der Waals surface area contributed by atoms with Crippen molar-refractivity contribution in [3.63, 3.8) is 0 Å². The van der Waals surface area contributed by atoms with Crippen LogP contribution in [0.2, 0.25) is 0 Å². The Hall–Kier alpha value is -3.49. The number of hydrogen-bond acceptors (Lipinski definition) is 5. The molecule has 0 saturated carbocycles. The molecule has 1 aliphatic heterocycles. The van der Waals surface area contributed by atoms with E-state index in [2.05, 4.69) is 20.4 Å². The van der Waals surface area contributed by atoms with Gasteiger partial charge in [-0.15, -0.1) is 0 Å². The van der Waals surface area contributed by atoms with Gasteiger partial charge in [-0.1, -0.05) is 18.2 Å². The van der Waals surface area contributed by atoms with Gasteiger partial charge >= 0.3 is 5.69 Å². The number of benzene rings is 1. The number of hydrogen-bond donors (Lipinski definition) is 2. The summed E-state index contributed by atoms with van der Waals surface area (Å²) in [6.45, 7) is 3.17. The van der Waals surface area contributed by atoms with E-state index in [0.717, 1.165) is 24.1 Å². The number of piperidine rings is 1. The van der Waals surface area contributed by atoms with Crippen LogP contribution in [-0.2, 0) is 6.42 Å². The Morgan fingerprint density at radius 2 is 1.83 bits per heavy atom. The fraction of sp³-hybridized carbons (Fsp3) is 0.350. The van der Waals surface area contributed by atoms with Crippen LogP contribution in [-0.4, -0.2) is 48.9 Å². The molecule has 1 saturated heterocycles. The lowest BCUT2D eigenvalue weighted by molar-refractivity contribution is 0.0682. The molecule has 4 rings (SSSR count). The number of nitrogens with zero attached hydrogens (tertiary/aromatic N) is 4. The smallest absolute Gasteiger partial charge is 0.337 e. The van der Waals surface area contributed by atoms with Crippen LogP contribution in [0.4, 0.5) is 0 Å². The molecule has 0 unspecified atom stereocenters. The number of carbonyl (C=O) groups is 1. The number of rotatable bonds is 4. The van der Waals surface area contributed by atoms with Crippen LogP contribution in [0.3, 0.4) is 0 Å². The van der Waals surface area contributed by atoms with Crippen molar-refractivity contribution in [2.24, 2.45) is 5.92 Å². The van der Waals surface area contributed by atoms with Crippen LogP contribution in [0.15, 0.2) is 46.0 Å². The van der Waals surface area contributed by atoms with E-state index in [4.69, 9.17) is 0 Å². The van der Waals surface area contributed by atoms with Crippen molar-refractivity contribution in [1.82, 2.24) is 29.9 Å². The van der Waals surface area contributed by atoms with E-state index in [-0.39, 0.29) is 22.9 Å². The highest BCUT2D eigenvalue weighted by Crippen LogP contribution is 2.23. The lowest BCUT2D eigenvalue weighted by Crippen LogP contribution is -2.39. The molecule has 2 aromatic heterocycles. The minimum absolute atomic E-state index is 0.184. The molecule has 9 nitrogen and oxygen atoms in total. The molecule has 0 atom stereocenters. The van der Waals surface area contributed by atoms with Gasteiger partial charge in [0.25, 0.3) is 11.5 Å². The summed E-state index contributed by atoms with van der Waals surface area (Å²) in [6.07, 6.45) is 2.28. The van der Waals surface area contributed by atoms with E-state index in [9.17, 15) is 14.4 Å². The zero-order valence-electron chi connectivity index (χ0n) is 16.1. The highest BCUT2D eigenvalue weighted by Gasteiger charge is 2.26. The summed E-state index contributed by atoms with van der Waals surface area (Å²) < 4.78 is 1.64. The maximum absolute atomic E-state index is 12.5. The lowest BCUT2D eigenvalue weighted by atomic mass is 9.93. The molecule has 29 heavy (non-hydrogen) atoms. The van der Waals surface area contributed by atoms with Gasteiger partial charge in [-0.25, -0.2) is 19.6 Å². The van der Waals surface area contributed by atoms with Gasteiger partial charge in [0.05, 0.1) is 5.69 Å². The summed E-state index contributed by atoms with van der Waals surface area (Å²) in [5.41, 5.74) is 1.50. The first kappa shape index (κ1) is 18.9. The molecule has 0 radical (unpaired) electrons. The minimum atomic E-state index is -0.334. The summed E-state index contributed by atoms with van der Waals surface area (Å²) >= 11 is 0. The average Bonchev–Trinajstić information content (AvgIpc) is 3.09. The van der Waals surface area contributed by atoms with Gasteiger partial charge in [-0.05, 0) is 43.4 Å². The highest BCUT2D eigenvalue weighted by atomic mass is 16.2.